The molecule has 1 aromatic rings. The minimum atomic E-state index is -3.64. The second-order valence-electron chi connectivity index (χ2n) is 8.46. The number of nitrogens with one attached hydrogen (secondary N) is 1. The number of carboxylic acids is 1. The standard InChI is InChI=1S/C20H30N2O6S/c1-14-7-9-16(10-8-14)29(26,27)22-11-5-6-15(13-22)12-17(18(23)24)21-19(25)28-20(2,3)4/h7-10,15,17H,5-6,11-13H2,1-4H3,(H,21,25)(H,23,24)/t15?,17-/m0/s1. The van der Waals surface area contributed by atoms with Crippen LogP contribution in [0.15, 0.2) is 29.2 Å². The molecule has 1 aliphatic rings. The topological polar surface area (TPSA) is 113 Å². The summed E-state index contributed by atoms with van der Waals surface area (Å²) in [6, 6.07) is 5.52. The SMILES string of the molecule is Cc1ccc(S(=O)(=O)N2CCCC(C[C@H](NC(=O)OC(C)(C)C)C(=O)O)C2)cc1. The summed E-state index contributed by atoms with van der Waals surface area (Å²) < 4.78 is 32.4. The van der Waals surface area contributed by atoms with Crippen molar-refractivity contribution in [3.63, 3.8) is 0 Å². The number of piperidine rings is 1. The number of sulfonamides is 1. The van der Waals surface area contributed by atoms with Gasteiger partial charge in [0.05, 0.1) is 4.90 Å². The number of alkyl carbamates (subject to hydrolysis) is 1. The van der Waals surface area contributed by atoms with Gasteiger partial charge in [0.25, 0.3) is 0 Å². The molecule has 1 unspecified atom stereocenters. The van der Waals surface area contributed by atoms with E-state index in [2.05, 4.69) is 5.32 Å². The summed E-state index contributed by atoms with van der Waals surface area (Å²) in [7, 11) is -3.64. The first kappa shape index (κ1) is 23.2. The molecule has 0 aromatic heterocycles. The van der Waals surface area contributed by atoms with E-state index in [1.54, 1.807) is 45.0 Å². The van der Waals surface area contributed by atoms with Crippen LogP contribution in [-0.4, -0.2) is 54.6 Å². The average Bonchev–Trinajstić information content (AvgIpc) is 2.60. The summed E-state index contributed by atoms with van der Waals surface area (Å²) in [5, 5.41) is 11.9. The molecule has 1 heterocycles. The van der Waals surface area contributed by atoms with Gasteiger partial charge in [0.15, 0.2) is 0 Å². The summed E-state index contributed by atoms with van der Waals surface area (Å²) in [6.07, 6.45) is 0.660. The fraction of sp³-hybridized carbons (Fsp3) is 0.600. The highest BCUT2D eigenvalue weighted by molar-refractivity contribution is 7.89. The molecule has 0 radical (unpaired) electrons. The number of rotatable bonds is 6. The number of amides is 1. The smallest absolute Gasteiger partial charge is 0.408 e. The van der Waals surface area contributed by atoms with Gasteiger partial charge in [-0.3, -0.25) is 0 Å². The number of benzene rings is 1. The Labute approximate surface area is 172 Å². The van der Waals surface area contributed by atoms with Crippen LogP contribution in [0, 0.1) is 12.8 Å². The minimum Gasteiger partial charge on any atom is -0.480 e. The quantitative estimate of drug-likeness (QED) is 0.723. The number of aliphatic carboxylic acids is 1. The van der Waals surface area contributed by atoms with Crippen LogP contribution in [0.25, 0.3) is 0 Å². The first-order valence-electron chi connectivity index (χ1n) is 9.67. The Morgan fingerprint density at radius 3 is 2.45 bits per heavy atom. The number of nitrogens with zero attached hydrogens (tertiary/aromatic N) is 1. The maximum atomic E-state index is 12.9. The lowest BCUT2D eigenvalue weighted by atomic mass is 9.92. The first-order chi connectivity index (χ1) is 13.4. The molecule has 1 amide bonds. The average molecular weight is 427 g/mol. The Balaban J connectivity index is 2.06. The van der Waals surface area contributed by atoms with Gasteiger partial charge in [-0.2, -0.15) is 4.31 Å². The molecule has 2 atom stereocenters. The predicted octanol–water partition coefficient (Wildman–Crippen LogP) is 2.76. The predicted molar refractivity (Wildman–Crippen MR) is 108 cm³/mol. The first-order valence-corrected chi connectivity index (χ1v) is 11.1. The molecule has 162 valence electrons. The largest absolute Gasteiger partial charge is 0.480 e. The van der Waals surface area contributed by atoms with Crippen molar-refractivity contribution in [2.45, 2.75) is 63.5 Å². The molecule has 8 nitrogen and oxygen atoms in total. The fourth-order valence-electron chi connectivity index (χ4n) is 3.30. The molecule has 0 bridgehead atoms. The van der Waals surface area contributed by atoms with Crippen LogP contribution in [0.5, 0.6) is 0 Å². The van der Waals surface area contributed by atoms with Crippen molar-refractivity contribution in [1.82, 2.24) is 9.62 Å². The van der Waals surface area contributed by atoms with Crippen LogP contribution in [0.4, 0.5) is 4.79 Å². The third kappa shape index (κ3) is 6.71. The fourth-order valence-corrected chi connectivity index (χ4v) is 4.86. The molecule has 2 N–H and O–H groups in total. The molecule has 29 heavy (non-hydrogen) atoms. The summed E-state index contributed by atoms with van der Waals surface area (Å²) >= 11 is 0. The van der Waals surface area contributed by atoms with Crippen LogP contribution < -0.4 is 5.32 Å². The normalized spacial score (nSPS) is 19.4. The van der Waals surface area contributed by atoms with Gasteiger partial charge in [-0.05, 0) is 65.0 Å². The highest BCUT2D eigenvalue weighted by atomic mass is 32.2. The maximum absolute atomic E-state index is 12.9. The third-order valence-corrected chi connectivity index (χ3v) is 6.58. The molecule has 0 saturated carbocycles. The maximum Gasteiger partial charge on any atom is 0.408 e. The van der Waals surface area contributed by atoms with Crippen LogP contribution >= 0.6 is 0 Å². The molecule has 1 aromatic carbocycles. The summed E-state index contributed by atoms with van der Waals surface area (Å²) in [4.78, 5) is 23.8. The van der Waals surface area contributed by atoms with Crippen molar-refractivity contribution in [3.05, 3.63) is 29.8 Å². The molecule has 1 saturated heterocycles. The molecular weight excluding hydrogens is 396 g/mol. The molecule has 1 aliphatic heterocycles. The Bertz CT molecular complexity index is 830. The molecule has 1 fully saturated rings. The van der Waals surface area contributed by atoms with Crippen molar-refractivity contribution in [3.8, 4) is 0 Å². The highest BCUT2D eigenvalue weighted by Crippen LogP contribution is 2.26. The number of carboxylic acid groups (broad SMARTS) is 1. The van der Waals surface area contributed by atoms with E-state index in [1.807, 2.05) is 6.92 Å². The lowest BCUT2D eigenvalue weighted by molar-refractivity contribution is -0.140. The third-order valence-electron chi connectivity index (χ3n) is 4.70. The highest BCUT2D eigenvalue weighted by Gasteiger charge is 2.33. The van der Waals surface area contributed by atoms with Crippen molar-refractivity contribution in [1.29, 1.82) is 0 Å². The number of carbonyl (C=O) groups excluding carboxylic acids is 1. The molecule has 9 heteroatoms. The number of ether oxygens (including phenoxy) is 1. The monoisotopic (exact) mass is 426 g/mol. The summed E-state index contributed by atoms with van der Waals surface area (Å²) in [6.45, 7) is 7.57. The zero-order valence-electron chi connectivity index (χ0n) is 17.3. The molecule has 0 spiro atoms. The van der Waals surface area contributed by atoms with E-state index in [1.165, 1.54) is 4.31 Å². The van der Waals surface area contributed by atoms with Crippen LogP contribution in [0.2, 0.25) is 0 Å². The van der Waals surface area contributed by atoms with Gasteiger partial charge in [-0.15, -0.1) is 0 Å². The van der Waals surface area contributed by atoms with Crippen LogP contribution in [0.1, 0.15) is 45.6 Å². The van der Waals surface area contributed by atoms with Crippen LogP contribution in [0.3, 0.4) is 0 Å². The van der Waals surface area contributed by atoms with Gasteiger partial charge in [0.2, 0.25) is 10.0 Å². The van der Waals surface area contributed by atoms with Crippen molar-refractivity contribution < 1.29 is 27.9 Å². The lowest BCUT2D eigenvalue weighted by Gasteiger charge is -2.33. The van der Waals surface area contributed by atoms with Crippen LogP contribution in [-0.2, 0) is 19.6 Å². The van der Waals surface area contributed by atoms with E-state index >= 15 is 0 Å². The van der Waals surface area contributed by atoms with Crippen molar-refractivity contribution in [2.24, 2.45) is 5.92 Å². The van der Waals surface area contributed by atoms with Gasteiger partial charge in [-0.1, -0.05) is 17.7 Å². The zero-order chi connectivity index (χ0) is 21.8. The summed E-state index contributed by atoms with van der Waals surface area (Å²) in [5.74, 6) is -1.35. The number of hydrogen-bond acceptors (Lipinski definition) is 5. The van der Waals surface area contributed by atoms with Gasteiger partial charge in [0, 0.05) is 13.1 Å². The second kappa shape index (κ2) is 9.13. The van der Waals surface area contributed by atoms with E-state index in [9.17, 15) is 23.1 Å². The van der Waals surface area contributed by atoms with E-state index in [0.29, 0.717) is 19.4 Å². The molecular formula is C20H30N2O6S. The van der Waals surface area contributed by atoms with E-state index in [4.69, 9.17) is 4.74 Å². The van der Waals surface area contributed by atoms with E-state index < -0.39 is 33.7 Å². The van der Waals surface area contributed by atoms with E-state index in [0.717, 1.165) is 5.56 Å². The number of carbonyl (C=O) groups is 2. The van der Waals surface area contributed by atoms with Gasteiger partial charge < -0.3 is 15.2 Å². The van der Waals surface area contributed by atoms with E-state index in [-0.39, 0.29) is 23.8 Å². The zero-order valence-corrected chi connectivity index (χ0v) is 18.2. The second-order valence-corrected chi connectivity index (χ2v) is 10.4. The number of hydrogen-bond donors (Lipinski definition) is 2. The Kier molecular flexibility index (Phi) is 7.29. The Morgan fingerprint density at radius 2 is 1.90 bits per heavy atom. The summed E-state index contributed by atoms with van der Waals surface area (Å²) in [5.41, 5.74) is 0.231. The van der Waals surface area contributed by atoms with Gasteiger partial charge in [-0.25, -0.2) is 18.0 Å². The minimum absolute atomic E-state index is 0.133. The molecule has 0 aliphatic carbocycles. The van der Waals surface area contributed by atoms with Gasteiger partial charge in [0.1, 0.15) is 11.6 Å². The lowest BCUT2D eigenvalue weighted by Crippen LogP contribution is -2.47. The van der Waals surface area contributed by atoms with Gasteiger partial charge >= 0.3 is 12.1 Å². The Hall–Kier alpha value is -2.13. The number of aryl methyl sites for hydroxylation is 1. The molecule has 2 rings (SSSR count). The van der Waals surface area contributed by atoms with Crippen molar-refractivity contribution in [2.75, 3.05) is 13.1 Å². The van der Waals surface area contributed by atoms with Crippen molar-refractivity contribution >= 4 is 22.1 Å². The Morgan fingerprint density at radius 1 is 1.28 bits per heavy atom.